The normalized spacial score (nSPS) is 12.1. The minimum atomic E-state index is 1.22. The number of hydrogen-bond donors (Lipinski definition) is 0. The summed E-state index contributed by atoms with van der Waals surface area (Å²) < 4.78 is 0. The smallest absolute Gasteiger partial charge is 0.00206 e. The molecule has 0 radical (unpaired) electrons. The van der Waals surface area contributed by atoms with E-state index in [1.165, 1.54) is 120 Å². The van der Waals surface area contributed by atoms with Crippen LogP contribution >= 0.6 is 0 Å². The van der Waals surface area contributed by atoms with Gasteiger partial charge < -0.3 is 0 Å². The van der Waals surface area contributed by atoms with Gasteiger partial charge in [-0.1, -0.05) is 176 Å². The van der Waals surface area contributed by atoms with Gasteiger partial charge in [-0.2, -0.15) is 0 Å². The third kappa shape index (κ3) is 4.26. The summed E-state index contributed by atoms with van der Waals surface area (Å²) in [6.45, 7) is 0. The van der Waals surface area contributed by atoms with E-state index in [0.717, 1.165) is 0 Å². The lowest BCUT2D eigenvalue weighted by atomic mass is 9.85. The molecule has 0 atom stereocenters. The summed E-state index contributed by atoms with van der Waals surface area (Å²) in [5.74, 6) is 0. The van der Waals surface area contributed by atoms with Crippen molar-refractivity contribution in [3.8, 4) is 44.5 Å². The lowest BCUT2D eigenvalue weighted by Crippen LogP contribution is -1.91. The van der Waals surface area contributed by atoms with Crippen molar-refractivity contribution < 1.29 is 0 Å². The predicted molar refractivity (Wildman–Crippen MR) is 233 cm³/mol. The lowest BCUT2D eigenvalue weighted by molar-refractivity contribution is 1.59. The van der Waals surface area contributed by atoms with Gasteiger partial charge in [0.05, 0.1) is 0 Å². The Kier molecular flexibility index (Phi) is 6.15. The van der Waals surface area contributed by atoms with Crippen LogP contribution in [0.25, 0.3) is 120 Å². The first-order valence-electron chi connectivity index (χ1n) is 18.8. The van der Waals surface area contributed by atoms with E-state index in [1.807, 2.05) is 0 Å². The molecule has 248 valence electrons. The fourth-order valence-corrected chi connectivity index (χ4v) is 9.48. The highest BCUT2D eigenvalue weighted by molar-refractivity contribution is 6.27. The molecular weight excluding hydrogens is 649 g/mol. The summed E-state index contributed by atoms with van der Waals surface area (Å²) in [5, 5.41) is 18.3. The van der Waals surface area contributed by atoms with Gasteiger partial charge in [0.25, 0.3) is 0 Å². The predicted octanol–water partition coefficient (Wildman–Crippen LogP) is 15.3. The first-order chi connectivity index (χ1) is 26.8. The van der Waals surface area contributed by atoms with Gasteiger partial charge >= 0.3 is 0 Å². The van der Waals surface area contributed by atoms with E-state index < -0.39 is 0 Å². The average Bonchev–Trinajstić information content (AvgIpc) is 3.24. The van der Waals surface area contributed by atoms with E-state index in [9.17, 15) is 0 Å². The summed E-state index contributed by atoms with van der Waals surface area (Å²) in [7, 11) is 0. The number of hydrogen-bond acceptors (Lipinski definition) is 0. The topological polar surface area (TPSA) is 0 Å². The van der Waals surface area contributed by atoms with Crippen LogP contribution in [0.2, 0.25) is 0 Å². The third-order valence-electron chi connectivity index (χ3n) is 11.9. The summed E-state index contributed by atoms with van der Waals surface area (Å²) in [6.07, 6.45) is 0. The fraction of sp³-hybridized carbons (Fsp3) is 0. The molecule has 12 aromatic carbocycles. The maximum absolute atomic E-state index is 2.41. The molecule has 0 aliphatic heterocycles. The SMILES string of the molecule is c1ccc(-c2cc(-c3ccc(-c4ccc5ccc6cccc7ccc4c5c67)c4ccccc34)cc(-c3ccc4ccc5cccc6ccc3c4c56)c2)cc1. The molecule has 54 heavy (non-hydrogen) atoms. The van der Waals surface area contributed by atoms with E-state index in [2.05, 4.69) is 194 Å². The van der Waals surface area contributed by atoms with Crippen molar-refractivity contribution in [2.24, 2.45) is 0 Å². The average molecular weight is 681 g/mol. The molecule has 12 rings (SSSR count). The largest absolute Gasteiger partial charge is 0.0622 e. The Bertz CT molecular complexity index is 3390. The minimum absolute atomic E-state index is 1.22. The van der Waals surface area contributed by atoms with Crippen molar-refractivity contribution in [2.45, 2.75) is 0 Å². The molecule has 0 nitrogen and oxygen atoms in total. The second-order valence-corrected chi connectivity index (χ2v) is 14.8. The van der Waals surface area contributed by atoms with Crippen molar-refractivity contribution >= 4 is 75.4 Å². The van der Waals surface area contributed by atoms with Crippen LogP contribution in [-0.4, -0.2) is 0 Å². The van der Waals surface area contributed by atoms with Gasteiger partial charge in [0.1, 0.15) is 0 Å². The monoisotopic (exact) mass is 680 g/mol. The van der Waals surface area contributed by atoms with Gasteiger partial charge in [0, 0.05) is 0 Å². The first-order valence-corrected chi connectivity index (χ1v) is 18.8. The maximum atomic E-state index is 2.41. The molecule has 0 aliphatic rings. The van der Waals surface area contributed by atoms with Crippen molar-refractivity contribution in [1.29, 1.82) is 0 Å². The molecule has 0 fully saturated rings. The van der Waals surface area contributed by atoms with Crippen LogP contribution in [0.15, 0.2) is 194 Å². The molecule has 0 spiro atoms. The first kappa shape index (κ1) is 29.5. The molecule has 0 bridgehead atoms. The van der Waals surface area contributed by atoms with E-state index in [4.69, 9.17) is 0 Å². The third-order valence-corrected chi connectivity index (χ3v) is 11.9. The Hall–Kier alpha value is -7.02. The highest BCUT2D eigenvalue weighted by Crippen LogP contribution is 2.45. The van der Waals surface area contributed by atoms with E-state index in [-0.39, 0.29) is 0 Å². The second kappa shape index (κ2) is 11.2. The Labute approximate surface area is 312 Å². The van der Waals surface area contributed by atoms with Crippen LogP contribution in [-0.2, 0) is 0 Å². The Morgan fingerprint density at radius 2 is 0.556 bits per heavy atom. The molecule has 0 aromatic heterocycles. The summed E-state index contributed by atoms with van der Waals surface area (Å²) in [5.41, 5.74) is 9.91. The Balaban J connectivity index is 1.10. The van der Waals surface area contributed by atoms with Crippen LogP contribution in [0.1, 0.15) is 0 Å². The molecule has 0 N–H and O–H groups in total. The van der Waals surface area contributed by atoms with Gasteiger partial charge in [0.15, 0.2) is 0 Å². The van der Waals surface area contributed by atoms with Crippen LogP contribution in [0.4, 0.5) is 0 Å². The van der Waals surface area contributed by atoms with Crippen molar-refractivity contribution in [2.75, 3.05) is 0 Å². The van der Waals surface area contributed by atoms with Crippen LogP contribution in [0.3, 0.4) is 0 Å². The molecule has 0 heteroatoms. The number of rotatable bonds is 4. The fourth-order valence-electron chi connectivity index (χ4n) is 9.48. The summed E-state index contributed by atoms with van der Waals surface area (Å²) >= 11 is 0. The quantitative estimate of drug-likeness (QED) is 0.162. The molecule has 0 saturated carbocycles. The molecule has 0 heterocycles. The molecule has 0 aliphatic carbocycles. The minimum Gasteiger partial charge on any atom is -0.0622 e. The summed E-state index contributed by atoms with van der Waals surface area (Å²) in [4.78, 5) is 0. The highest BCUT2D eigenvalue weighted by Gasteiger charge is 2.18. The van der Waals surface area contributed by atoms with Crippen molar-refractivity contribution in [1.82, 2.24) is 0 Å². The van der Waals surface area contributed by atoms with Crippen LogP contribution < -0.4 is 0 Å². The van der Waals surface area contributed by atoms with Gasteiger partial charge in [-0.25, -0.2) is 0 Å². The van der Waals surface area contributed by atoms with Gasteiger partial charge in [0.2, 0.25) is 0 Å². The lowest BCUT2D eigenvalue weighted by Gasteiger charge is -2.18. The van der Waals surface area contributed by atoms with E-state index in [1.54, 1.807) is 0 Å². The Morgan fingerprint density at radius 3 is 1.15 bits per heavy atom. The van der Waals surface area contributed by atoms with Gasteiger partial charge in [-0.3, -0.25) is 0 Å². The van der Waals surface area contributed by atoms with E-state index >= 15 is 0 Å². The molecule has 0 amide bonds. The summed E-state index contributed by atoms with van der Waals surface area (Å²) in [6, 6.07) is 72.5. The van der Waals surface area contributed by atoms with Crippen molar-refractivity contribution in [3.05, 3.63) is 194 Å². The maximum Gasteiger partial charge on any atom is -0.00206 e. The molecule has 12 aromatic rings. The standard InChI is InChI=1S/C54H32/c1-2-8-33(9-3-1)40-30-41(32-42(31-40)44-24-20-38-18-16-34-10-6-12-36-22-26-49(44)53(38)51(34)36)43-28-29-47(46-15-5-4-14-45(43)46)48-25-21-39-19-17-35-11-7-13-37-23-27-50(48)54(39)52(35)37/h1-32H. The molecular formula is C54H32. The number of fused-ring (bicyclic) bond motifs is 1. The van der Waals surface area contributed by atoms with Crippen LogP contribution in [0.5, 0.6) is 0 Å². The number of benzene rings is 12. The van der Waals surface area contributed by atoms with Crippen LogP contribution in [0, 0.1) is 0 Å². The molecule has 0 saturated heterocycles. The Morgan fingerprint density at radius 1 is 0.185 bits per heavy atom. The van der Waals surface area contributed by atoms with Gasteiger partial charge in [-0.15, -0.1) is 0 Å². The second-order valence-electron chi connectivity index (χ2n) is 14.8. The van der Waals surface area contributed by atoms with Gasteiger partial charge in [-0.05, 0) is 138 Å². The van der Waals surface area contributed by atoms with E-state index in [0.29, 0.717) is 0 Å². The van der Waals surface area contributed by atoms with Crippen molar-refractivity contribution in [3.63, 3.8) is 0 Å². The zero-order valence-corrected chi connectivity index (χ0v) is 29.5. The highest BCUT2D eigenvalue weighted by atomic mass is 14.2. The zero-order chi connectivity index (χ0) is 35.3. The zero-order valence-electron chi connectivity index (χ0n) is 29.5. The molecule has 0 unspecified atom stereocenters.